The van der Waals surface area contributed by atoms with Crippen LogP contribution in [0.2, 0.25) is 0 Å². The van der Waals surface area contributed by atoms with Crippen molar-refractivity contribution in [2.24, 2.45) is 0 Å². The predicted octanol–water partition coefficient (Wildman–Crippen LogP) is 2.30. The number of ether oxygens (including phenoxy) is 1. The highest BCUT2D eigenvalue weighted by Gasteiger charge is 2.47. The largest absolute Gasteiger partial charge is 0.395 e. The van der Waals surface area contributed by atoms with Crippen LogP contribution in [0.4, 0.5) is 16.3 Å². The fourth-order valence-corrected chi connectivity index (χ4v) is 6.34. The average molecular weight is 504 g/mol. The molecule has 0 radical (unpaired) electrons. The molecule has 1 aliphatic heterocycles. The highest BCUT2D eigenvalue weighted by Crippen LogP contribution is 2.45. The van der Waals surface area contributed by atoms with Gasteiger partial charge in [-0.15, -0.1) is 0 Å². The fourth-order valence-electron chi connectivity index (χ4n) is 4.82. The summed E-state index contributed by atoms with van der Waals surface area (Å²) in [5.74, 6) is 1.14. The van der Waals surface area contributed by atoms with Gasteiger partial charge in [0.05, 0.1) is 31.6 Å². The molecule has 1 aliphatic carbocycles. The first-order valence-electron chi connectivity index (χ1n) is 11.9. The number of hydrogen-bond donors (Lipinski definition) is 3. The zero-order chi connectivity index (χ0) is 25.1. The molecule has 1 saturated heterocycles. The van der Waals surface area contributed by atoms with Crippen LogP contribution >= 0.6 is 0 Å². The van der Waals surface area contributed by atoms with Gasteiger partial charge < -0.3 is 25.4 Å². The normalized spacial score (nSPS) is 20.0. The van der Waals surface area contributed by atoms with Crippen LogP contribution in [-0.2, 0) is 19.3 Å². The van der Waals surface area contributed by atoms with Crippen LogP contribution in [0.5, 0.6) is 0 Å². The van der Waals surface area contributed by atoms with Crippen molar-refractivity contribution in [1.82, 2.24) is 15.3 Å². The zero-order valence-electron chi connectivity index (χ0n) is 20.2. The number of carbonyl (C=O) groups is 1. The summed E-state index contributed by atoms with van der Waals surface area (Å²) >= 11 is 0. The highest BCUT2D eigenvalue weighted by atomic mass is 32.2. The number of benzene rings is 1. The zero-order valence-corrected chi connectivity index (χ0v) is 21.0. The van der Waals surface area contributed by atoms with E-state index in [9.17, 15) is 13.2 Å². The molecule has 10 nitrogen and oxygen atoms in total. The molecule has 35 heavy (non-hydrogen) atoms. The molecule has 4 rings (SSSR count). The van der Waals surface area contributed by atoms with Crippen LogP contribution in [0.3, 0.4) is 0 Å². The van der Waals surface area contributed by atoms with Gasteiger partial charge in [0.2, 0.25) is 0 Å². The third kappa shape index (κ3) is 5.41. The number of nitrogens with one attached hydrogen (secondary N) is 2. The second kappa shape index (κ2) is 10.5. The van der Waals surface area contributed by atoms with Gasteiger partial charge in [-0.25, -0.2) is 23.2 Å². The van der Waals surface area contributed by atoms with E-state index in [1.807, 2.05) is 6.07 Å². The van der Waals surface area contributed by atoms with E-state index >= 15 is 0 Å². The summed E-state index contributed by atoms with van der Waals surface area (Å²) in [5, 5.41) is 14.1. The second-order valence-corrected chi connectivity index (χ2v) is 11.5. The molecule has 1 aromatic heterocycles. The fraction of sp³-hybridized carbons (Fsp3) is 0.542. The number of morpholine rings is 1. The minimum atomic E-state index is -3.41. The number of aliphatic hydroxyl groups is 1. The molecular formula is C24H33N5O5S. The summed E-state index contributed by atoms with van der Waals surface area (Å²) in [7, 11) is -3.41. The molecule has 3 N–H and O–H groups in total. The van der Waals surface area contributed by atoms with Crippen molar-refractivity contribution in [1.29, 1.82) is 0 Å². The van der Waals surface area contributed by atoms with Crippen molar-refractivity contribution in [3.63, 3.8) is 0 Å². The van der Waals surface area contributed by atoms with E-state index in [0.717, 1.165) is 18.4 Å². The Labute approximate surface area is 206 Å². The van der Waals surface area contributed by atoms with E-state index in [4.69, 9.17) is 19.8 Å². The van der Waals surface area contributed by atoms with Crippen molar-refractivity contribution < 1.29 is 23.1 Å². The number of carbonyl (C=O) groups excluding carboxylic acids is 1. The van der Waals surface area contributed by atoms with Crippen LogP contribution in [0.25, 0.3) is 11.4 Å². The summed E-state index contributed by atoms with van der Waals surface area (Å²) < 4.78 is 30.6. The van der Waals surface area contributed by atoms with Gasteiger partial charge in [0, 0.05) is 36.7 Å². The topological polar surface area (TPSA) is 134 Å². The Bertz CT molecular complexity index is 1150. The standard InChI is InChI=1S/C24H33N5O5S/c1-17-16-34-14-12-29(17)21-15-20(24(35(2,32)33)9-3-4-10-24)27-22(28-21)18-5-7-19(8-6-18)26-23(31)25-11-13-30/h5-8,15,17,30H,3-4,9-14,16H2,1-2H3,(H2,25,26,31)/t17-/m0/s1. The number of anilines is 2. The molecular weight excluding hydrogens is 470 g/mol. The molecule has 1 aromatic carbocycles. The first kappa shape index (κ1) is 25.3. The maximum Gasteiger partial charge on any atom is 0.319 e. The van der Waals surface area contributed by atoms with Gasteiger partial charge in [-0.1, -0.05) is 12.8 Å². The highest BCUT2D eigenvalue weighted by molar-refractivity contribution is 7.91. The van der Waals surface area contributed by atoms with E-state index < -0.39 is 20.6 Å². The Morgan fingerprint density at radius 1 is 1.23 bits per heavy atom. The van der Waals surface area contributed by atoms with Crippen molar-refractivity contribution >= 4 is 27.4 Å². The number of aromatic nitrogens is 2. The Kier molecular flexibility index (Phi) is 7.58. The Morgan fingerprint density at radius 3 is 2.57 bits per heavy atom. The number of sulfone groups is 1. The van der Waals surface area contributed by atoms with Gasteiger partial charge in [-0.05, 0) is 44.0 Å². The van der Waals surface area contributed by atoms with Gasteiger partial charge in [0.1, 0.15) is 10.6 Å². The second-order valence-electron chi connectivity index (χ2n) is 9.21. The number of rotatable bonds is 7. The lowest BCUT2D eigenvalue weighted by Gasteiger charge is -2.35. The summed E-state index contributed by atoms with van der Waals surface area (Å²) in [6, 6.07) is 8.61. The van der Waals surface area contributed by atoms with E-state index in [2.05, 4.69) is 22.5 Å². The minimum absolute atomic E-state index is 0.0983. The summed E-state index contributed by atoms with van der Waals surface area (Å²) in [5.41, 5.74) is 1.84. The molecule has 2 aromatic rings. The van der Waals surface area contributed by atoms with Crippen molar-refractivity contribution in [2.75, 3.05) is 49.4 Å². The SMILES string of the molecule is C[C@H]1COCCN1c1cc(C2(S(C)(=O)=O)CCCC2)nc(-c2ccc(NC(=O)NCCO)cc2)n1. The van der Waals surface area contributed by atoms with Crippen molar-refractivity contribution in [3.8, 4) is 11.4 Å². The average Bonchev–Trinajstić information content (AvgIpc) is 3.35. The molecule has 0 unspecified atom stereocenters. The molecule has 11 heteroatoms. The van der Waals surface area contributed by atoms with Gasteiger partial charge in [0.25, 0.3) is 0 Å². The van der Waals surface area contributed by atoms with Gasteiger partial charge in [-0.2, -0.15) is 0 Å². The third-order valence-corrected chi connectivity index (χ3v) is 8.80. The summed E-state index contributed by atoms with van der Waals surface area (Å²) in [6.07, 6.45) is 4.08. The van der Waals surface area contributed by atoms with Gasteiger partial charge in [-0.3, -0.25) is 0 Å². The number of hydrogen-bond acceptors (Lipinski definition) is 8. The Balaban J connectivity index is 1.73. The van der Waals surface area contributed by atoms with E-state index in [1.54, 1.807) is 24.3 Å². The lowest BCUT2D eigenvalue weighted by atomic mass is 10.0. The Morgan fingerprint density at radius 2 is 1.94 bits per heavy atom. The molecule has 190 valence electrons. The Hall–Kier alpha value is -2.76. The molecule has 1 atom stereocenters. The van der Waals surface area contributed by atoms with Crippen LogP contribution in [0.15, 0.2) is 30.3 Å². The molecule has 2 amide bonds. The van der Waals surface area contributed by atoms with Gasteiger partial charge in [0.15, 0.2) is 15.7 Å². The summed E-state index contributed by atoms with van der Waals surface area (Å²) in [4.78, 5) is 23.6. The van der Waals surface area contributed by atoms with Crippen LogP contribution in [0.1, 0.15) is 38.3 Å². The smallest absolute Gasteiger partial charge is 0.319 e. The monoisotopic (exact) mass is 503 g/mol. The summed E-state index contributed by atoms with van der Waals surface area (Å²) in [6.45, 7) is 3.90. The van der Waals surface area contributed by atoms with Crippen molar-refractivity contribution in [2.45, 2.75) is 43.4 Å². The third-order valence-electron chi connectivity index (χ3n) is 6.76. The van der Waals surface area contributed by atoms with E-state index in [1.165, 1.54) is 6.26 Å². The van der Waals surface area contributed by atoms with Crippen LogP contribution in [-0.4, -0.2) is 74.7 Å². The number of amides is 2. The minimum Gasteiger partial charge on any atom is -0.395 e. The number of nitrogens with zero attached hydrogens (tertiary/aromatic N) is 3. The quantitative estimate of drug-likeness (QED) is 0.524. The molecule has 0 spiro atoms. The van der Waals surface area contributed by atoms with Crippen LogP contribution in [0, 0.1) is 0 Å². The number of urea groups is 1. The lowest BCUT2D eigenvalue weighted by molar-refractivity contribution is 0.0985. The first-order valence-corrected chi connectivity index (χ1v) is 13.8. The van der Waals surface area contributed by atoms with Gasteiger partial charge >= 0.3 is 6.03 Å². The van der Waals surface area contributed by atoms with E-state index in [0.29, 0.717) is 55.6 Å². The van der Waals surface area contributed by atoms with Crippen LogP contribution < -0.4 is 15.5 Å². The maximum atomic E-state index is 13.0. The predicted molar refractivity (Wildman–Crippen MR) is 134 cm³/mol. The molecule has 2 fully saturated rings. The number of aliphatic hydroxyl groups excluding tert-OH is 1. The van der Waals surface area contributed by atoms with Crippen molar-refractivity contribution in [3.05, 3.63) is 36.0 Å². The maximum absolute atomic E-state index is 13.0. The van der Waals surface area contributed by atoms with E-state index in [-0.39, 0.29) is 19.2 Å². The first-order chi connectivity index (χ1) is 16.7. The molecule has 1 saturated carbocycles. The molecule has 2 heterocycles. The molecule has 0 bridgehead atoms. The molecule has 2 aliphatic rings. The lowest BCUT2D eigenvalue weighted by Crippen LogP contribution is -2.44.